The monoisotopic (exact) mass is 399 g/mol. The second-order valence-corrected chi connectivity index (χ2v) is 8.89. The van der Waals surface area contributed by atoms with Crippen LogP contribution in [0.2, 0.25) is 0 Å². The van der Waals surface area contributed by atoms with E-state index in [1.54, 1.807) is 5.57 Å². The lowest BCUT2D eigenvalue weighted by molar-refractivity contribution is -0.113. The summed E-state index contributed by atoms with van der Waals surface area (Å²) in [6.07, 6.45) is 9.61. The molecule has 1 heterocycles. The van der Waals surface area contributed by atoms with Crippen molar-refractivity contribution in [1.82, 2.24) is 5.32 Å². The van der Waals surface area contributed by atoms with E-state index in [0.717, 1.165) is 30.3 Å². The molecule has 1 aliphatic heterocycles. The van der Waals surface area contributed by atoms with Crippen molar-refractivity contribution < 1.29 is 9.53 Å². The summed E-state index contributed by atoms with van der Waals surface area (Å²) in [4.78, 5) is 15.4. The van der Waals surface area contributed by atoms with Crippen molar-refractivity contribution in [2.24, 2.45) is 16.6 Å². The fraction of sp³-hybridized carbons (Fsp3) is 0.455. The van der Waals surface area contributed by atoms with Crippen molar-refractivity contribution >= 4 is 20.4 Å². The third kappa shape index (κ3) is 6.02. The number of carbonyl (C=O) groups excluding carboxylic acids is 1. The molecule has 1 aliphatic carbocycles. The molecule has 3 rings (SSSR count). The number of nitrogens with zero attached hydrogens (tertiary/aromatic N) is 1. The molecule has 1 amide bonds. The average Bonchev–Trinajstić information content (AvgIpc) is 2.69. The van der Waals surface area contributed by atoms with E-state index in [4.69, 9.17) is 10.5 Å². The Morgan fingerprint density at radius 1 is 1.39 bits per heavy atom. The molecule has 0 bridgehead atoms. The van der Waals surface area contributed by atoms with E-state index >= 15 is 0 Å². The lowest BCUT2D eigenvalue weighted by atomic mass is 9.88. The predicted octanol–water partition coefficient (Wildman–Crippen LogP) is 4.02. The summed E-state index contributed by atoms with van der Waals surface area (Å²) in [5.41, 5.74) is 9.18. The van der Waals surface area contributed by atoms with Crippen LogP contribution in [0, 0.1) is 12.8 Å². The predicted molar refractivity (Wildman–Crippen MR) is 117 cm³/mol. The van der Waals surface area contributed by atoms with Gasteiger partial charge in [0.15, 0.2) is 5.90 Å². The Bertz CT molecular complexity index is 814. The number of allylic oxidation sites excluding steroid dienone is 2. The minimum absolute atomic E-state index is 0.317. The van der Waals surface area contributed by atoms with Gasteiger partial charge in [-0.05, 0) is 69.2 Å². The number of primary amides is 1. The Kier molecular flexibility index (Phi) is 7.41. The van der Waals surface area contributed by atoms with Gasteiger partial charge >= 0.3 is 0 Å². The molecule has 1 aromatic carbocycles. The van der Waals surface area contributed by atoms with Crippen LogP contribution in [0.5, 0.6) is 5.75 Å². The van der Waals surface area contributed by atoms with Gasteiger partial charge < -0.3 is 15.8 Å². The van der Waals surface area contributed by atoms with Crippen molar-refractivity contribution in [2.45, 2.75) is 46.1 Å². The van der Waals surface area contributed by atoms with E-state index in [-0.39, 0.29) is 0 Å². The number of rotatable bonds is 7. The van der Waals surface area contributed by atoms with Crippen LogP contribution in [0.1, 0.15) is 43.7 Å². The van der Waals surface area contributed by atoms with Crippen LogP contribution in [0.3, 0.4) is 0 Å². The van der Waals surface area contributed by atoms with Crippen LogP contribution in [-0.4, -0.2) is 24.5 Å². The number of aliphatic imine (C=N–C) groups is 1. The Morgan fingerprint density at radius 3 is 2.89 bits per heavy atom. The van der Waals surface area contributed by atoms with Crippen molar-refractivity contribution in [3.05, 3.63) is 52.5 Å². The molecular formula is C22H30N3O2P. The van der Waals surface area contributed by atoms with E-state index in [1.165, 1.54) is 37.4 Å². The van der Waals surface area contributed by atoms with E-state index in [2.05, 4.69) is 35.4 Å². The summed E-state index contributed by atoms with van der Waals surface area (Å²) in [6.45, 7) is 6.21. The third-order valence-electron chi connectivity index (χ3n) is 5.31. The molecule has 1 aromatic rings. The van der Waals surface area contributed by atoms with Crippen molar-refractivity contribution in [3.63, 3.8) is 0 Å². The van der Waals surface area contributed by atoms with E-state index in [0.29, 0.717) is 26.0 Å². The Labute approximate surface area is 169 Å². The zero-order valence-electron chi connectivity index (χ0n) is 16.8. The van der Waals surface area contributed by atoms with Gasteiger partial charge in [0.05, 0.1) is 5.31 Å². The van der Waals surface area contributed by atoms with Gasteiger partial charge in [-0.15, -0.1) is 0 Å². The topological polar surface area (TPSA) is 76.7 Å². The Hall–Kier alpha value is -1.97. The highest BCUT2D eigenvalue weighted by molar-refractivity contribution is 7.46. The second-order valence-electron chi connectivity index (χ2n) is 7.64. The highest BCUT2D eigenvalue weighted by Crippen LogP contribution is 2.29. The van der Waals surface area contributed by atoms with Crippen LogP contribution in [0.4, 0.5) is 0 Å². The fourth-order valence-electron chi connectivity index (χ4n) is 3.50. The zero-order chi connectivity index (χ0) is 19.9. The minimum Gasteiger partial charge on any atom is -0.442 e. The van der Waals surface area contributed by atoms with Crippen LogP contribution >= 0.6 is 8.58 Å². The SMILES string of the molecule is CC1=CCC(CCNCc2ccc(OC3=NC=C(C(N)=O)PC3)c(C)c2)CC1. The van der Waals surface area contributed by atoms with Crippen molar-refractivity contribution in [2.75, 3.05) is 12.7 Å². The molecule has 0 aromatic heterocycles. The van der Waals surface area contributed by atoms with Gasteiger partial charge in [0.2, 0.25) is 5.91 Å². The van der Waals surface area contributed by atoms with Crippen LogP contribution in [0.25, 0.3) is 0 Å². The highest BCUT2D eigenvalue weighted by Gasteiger charge is 2.15. The van der Waals surface area contributed by atoms with Gasteiger partial charge in [-0.2, -0.15) is 0 Å². The van der Waals surface area contributed by atoms with Gasteiger partial charge in [-0.1, -0.05) is 32.4 Å². The van der Waals surface area contributed by atoms with Crippen molar-refractivity contribution in [3.8, 4) is 5.75 Å². The molecule has 150 valence electrons. The third-order valence-corrected chi connectivity index (χ3v) is 6.54. The maximum atomic E-state index is 11.2. The largest absolute Gasteiger partial charge is 0.442 e. The summed E-state index contributed by atoms with van der Waals surface area (Å²) >= 11 is 0. The number of hydrogen-bond acceptors (Lipinski definition) is 4. The molecule has 0 radical (unpaired) electrons. The maximum absolute atomic E-state index is 11.2. The smallest absolute Gasteiger partial charge is 0.250 e. The summed E-state index contributed by atoms with van der Waals surface area (Å²) < 4.78 is 5.92. The first kappa shape index (κ1) is 20.8. The number of carbonyl (C=O) groups is 1. The highest BCUT2D eigenvalue weighted by atomic mass is 31.1. The molecule has 0 saturated carbocycles. The standard InChI is InChI=1S/C22H30N3O2P/c1-15-3-5-17(6-4-15)9-10-24-12-18-7-8-19(16(2)11-18)27-21-14-28-20(13-25-21)22(23)26/h3,7-8,11,13,17,24,28H,4-6,9-10,12,14H2,1-2H3,(H2,23,26). The van der Waals surface area contributed by atoms with Gasteiger partial charge in [-0.3, -0.25) is 4.79 Å². The molecule has 0 fully saturated rings. The number of hydrogen-bond donors (Lipinski definition) is 2. The first-order valence-corrected chi connectivity index (χ1v) is 11.2. The Balaban J connectivity index is 1.46. The molecule has 28 heavy (non-hydrogen) atoms. The number of ether oxygens (including phenoxy) is 1. The fourth-order valence-corrected chi connectivity index (χ4v) is 4.33. The van der Waals surface area contributed by atoms with Crippen LogP contribution < -0.4 is 15.8 Å². The molecule has 0 saturated heterocycles. The molecule has 3 N–H and O–H groups in total. The van der Waals surface area contributed by atoms with Crippen LogP contribution in [-0.2, 0) is 11.3 Å². The van der Waals surface area contributed by atoms with Gasteiger partial charge in [0.25, 0.3) is 0 Å². The number of nitrogens with one attached hydrogen (secondary N) is 1. The maximum Gasteiger partial charge on any atom is 0.250 e. The molecule has 5 nitrogen and oxygen atoms in total. The number of nitrogens with two attached hydrogens (primary N) is 1. The van der Waals surface area contributed by atoms with Gasteiger partial charge in [0, 0.05) is 18.9 Å². The molecule has 6 heteroatoms. The molecular weight excluding hydrogens is 369 g/mol. The molecule has 2 unspecified atom stereocenters. The molecule has 2 atom stereocenters. The first-order chi connectivity index (χ1) is 13.5. The molecule has 0 spiro atoms. The van der Waals surface area contributed by atoms with Crippen molar-refractivity contribution in [1.29, 1.82) is 0 Å². The summed E-state index contributed by atoms with van der Waals surface area (Å²) in [5.74, 6) is 1.88. The number of amides is 1. The Morgan fingerprint density at radius 2 is 2.25 bits per heavy atom. The molecule has 2 aliphatic rings. The van der Waals surface area contributed by atoms with E-state index in [9.17, 15) is 4.79 Å². The quantitative estimate of drug-likeness (QED) is 0.413. The average molecular weight is 399 g/mol. The normalized spacial score (nSPS) is 20.4. The summed E-state index contributed by atoms with van der Waals surface area (Å²) in [6, 6.07) is 6.25. The summed E-state index contributed by atoms with van der Waals surface area (Å²) in [5, 5.41) is 4.14. The lowest BCUT2D eigenvalue weighted by Crippen LogP contribution is -2.19. The lowest BCUT2D eigenvalue weighted by Gasteiger charge is -2.20. The van der Waals surface area contributed by atoms with E-state index in [1.807, 2.05) is 13.0 Å². The van der Waals surface area contributed by atoms with Gasteiger partial charge in [0.1, 0.15) is 5.75 Å². The first-order valence-electron chi connectivity index (χ1n) is 9.95. The van der Waals surface area contributed by atoms with Crippen LogP contribution in [0.15, 0.2) is 46.4 Å². The number of benzene rings is 1. The number of aryl methyl sites for hydroxylation is 1. The van der Waals surface area contributed by atoms with Gasteiger partial charge in [-0.25, -0.2) is 4.99 Å². The summed E-state index contributed by atoms with van der Waals surface area (Å²) in [7, 11) is 0.317. The van der Waals surface area contributed by atoms with E-state index < -0.39 is 5.91 Å². The zero-order valence-corrected chi connectivity index (χ0v) is 17.8. The minimum atomic E-state index is -0.399. The second kappa shape index (κ2) is 9.99.